The molecule has 102 valence electrons. The van der Waals surface area contributed by atoms with Gasteiger partial charge in [-0.1, -0.05) is 12.1 Å². The summed E-state index contributed by atoms with van der Waals surface area (Å²) in [6.45, 7) is -0.0227. The van der Waals surface area contributed by atoms with Crippen LogP contribution in [0.5, 0.6) is 5.75 Å². The number of esters is 1. The number of nitrogens with zero attached hydrogens (tertiary/aromatic N) is 1. The molecule has 20 heavy (non-hydrogen) atoms. The number of hydrogen-bond donors (Lipinski definition) is 1. The number of rotatable bonds is 4. The number of benzene rings is 2. The van der Waals surface area contributed by atoms with Crippen molar-refractivity contribution in [3.8, 4) is 5.75 Å². The lowest BCUT2D eigenvalue weighted by Crippen LogP contribution is -2.05. The molecule has 0 aliphatic heterocycles. The maximum atomic E-state index is 11.7. The van der Waals surface area contributed by atoms with Crippen LogP contribution in [0.4, 0.5) is 5.69 Å². The van der Waals surface area contributed by atoms with Crippen LogP contribution in [0.2, 0.25) is 0 Å². The molecule has 0 saturated heterocycles. The zero-order chi connectivity index (χ0) is 14.5. The first-order valence-corrected chi connectivity index (χ1v) is 5.76. The van der Waals surface area contributed by atoms with Gasteiger partial charge in [-0.05, 0) is 29.8 Å². The van der Waals surface area contributed by atoms with Crippen molar-refractivity contribution in [1.29, 1.82) is 0 Å². The number of ether oxygens (including phenoxy) is 1. The normalized spacial score (nSPS) is 10.0. The summed E-state index contributed by atoms with van der Waals surface area (Å²) < 4.78 is 5.03. The van der Waals surface area contributed by atoms with Gasteiger partial charge >= 0.3 is 5.97 Å². The molecule has 0 saturated carbocycles. The zero-order valence-corrected chi connectivity index (χ0v) is 10.4. The summed E-state index contributed by atoms with van der Waals surface area (Å²) >= 11 is 0. The topological polar surface area (TPSA) is 89.7 Å². The van der Waals surface area contributed by atoms with E-state index in [9.17, 15) is 20.0 Å². The van der Waals surface area contributed by atoms with E-state index in [0.29, 0.717) is 5.56 Å². The summed E-state index contributed by atoms with van der Waals surface area (Å²) in [5, 5.41) is 20.0. The number of aromatic hydroxyl groups is 1. The summed E-state index contributed by atoms with van der Waals surface area (Å²) in [7, 11) is 0. The number of carbonyl (C=O) groups is 1. The maximum Gasteiger partial charge on any atom is 0.342 e. The molecule has 0 atom stereocenters. The van der Waals surface area contributed by atoms with E-state index in [1.807, 2.05) is 0 Å². The predicted molar refractivity (Wildman–Crippen MR) is 70.3 cm³/mol. The van der Waals surface area contributed by atoms with Crippen molar-refractivity contribution in [3.05, 3.63) is 69.8 Å². The van der Waals surface area contributed by atoms with Crippen LogP contribution in [-0.2, 0) is 11.3 Å². The van der Waals surface area contributed by atoms with E-state index < -0.39 is 10.9 Å². The number of phenolic OH excluding ortho intramolecular Hbond substituents is 1. The van der Waals surface area contributed by atoms with E-state index >= 15 is 0 Å². The average Bonchev–Trinajstić information content (AvgIpc) is 2.45. The second-order valence-electron chi connectivity index (χ2n) is 4.02. The van der Waals surface area contributed by atoms with Crippen LogP contribution in [0.15, 0.2) is 48.5 Å². The smallest absolute Gasteiger partial charge is 0.342 e. The lowest BCUT2D eigenvalue weighted by molar-refractivity contribution is -0.384. The number of carbonyl (C=O) groups excluding carboxylic acids is 1. The SMILES string of the molecule is O=C(OCc1ccc([N+](=O)[O-])cc1)c1ccccc1O. The minimum absolute atomic E-state index is 0.0227. The van der Waals surface area contributed by atoms with E-state index in [0.717, 1.165) is 0 Å². The monoisotopic (exact) mass is 273 g/mol. The van der Waals surface area contributed by atoms with Crippen LogP contribution in [-0.4, -0.2) is 16.0 Å². The van der Waals surface area contributed by atoms with Gasteiger partial charge in [-0.3, -0.25) is 10.1 Å². The molecule has 2 aromatic rings. The van der Waals surface area contributed by atoms with Crippen molar-refractivity contribution >= 4 is 11.7 Å². The molecule has 0 radical (unpaired) electrons. The summed E-state index contributed by atoms with van der Waals surface area (Å²) in [5.74, 6) is -0.803. The lowest BCUT2D eigenvalue weighted by Gasteiger charge is -2.06. The molecule has 6 nitrogen and oxygen atoms in total. The molecule has 1 N–H and O–H groups in total. The molecular weight excluding hydrogens is 262 g/mol. The highest BCUT2D eigenvalue weighted by atomic mass is 16.6. The van der Waals surface area contributed by atoms with Gasteiger partial charge in [-0.2, -0.15) is 0 Å². The van der Waals surface area contributed by atoms with E-state index in [-0.39, 0.29) is 23.6 Å². The number of nitro benzene ring substituents is 1. The largest absolute Gasteiger partial charge is 0.507 e. The number of nitro groups is 1. The Morgan fingerprint density at radius 1 is 1.15 bits per heavy atom. The molecule has 0 bridgehead atoms. The molecule has 2 rings (SSSR count). The van der Waals surface area contributed by atoms with Gasteiger partial charge < -0.3 is 9.84 Å². The van der Waals surface area contributed by atoms with E-state index in [4.69, 9.17) is 4.74 Å². The Kier molecular flexibility index (Phi) is 3.95. The van der Waals surface area contributed by atoms with E-state index in [2.05, 4.69) is 0 Å². The number of para-hydroxylation sites is 1. The van der Waals surface area contributed by atoms with Gasteiger partial charge in [0.25, 0.3) is 5.69 Å². The van der Waals surface area contributed by atoms with Crippen molar-refractivity contribution in [2.24, 2.45) is 0 Å². The Hall–Kier alpha value is -2.89. The molecule has 6 heteroatoms. The van der Waals surface area contributed by atoms with E-state index in [1.165, 1.54) is 36.4 Å². The second kappa shape index (κ2) is 5.83. The predicted octanol–water partition coefficient (Wildman–Crippen LogP) is 2.66. The van der Waals surface area contributed by atoms with E-state index in [1.54, 1.807) is 12.1 Å². The fraction of sp³-hybridized carbons (Fsp3) is 0.0714. The first-order valence-electron chi connectivity index (χ1n) is 5.76. The highest BCUT2D eigenvalue weighted by Gasteiger charge is 2.12. The fourth-order valence-electron chi connectivity index (χ4n) is 1.59. The molecule has 0 amide bonds. The van der Waals surface area contributed by atoms with Gasteiger partial charge in [0, 0.05) is 12.1 Å². The first kappa shape index (κ1) is 13.5. The highest BCUT2D eigenvalue weighted by molar-refractivity contribution is 5.92. The third-order valence-electron chi connectivity index (χ3n) is 2.64. The summed E-state index contributed by atoms with van der Waals surface area (Å²) in [6.07, 6.45) is 0. The number of non-ortho nitro benzene ring substituents is 1. The Labute approximate surface area is 114 Å². The molecule has 0 aliphatic rings. The maximum absolute atomic E-state index is 11.7. The molecule has 0 spiro atoms. The van der Waals surface area contributed by atoms with Gasteiger partial charge in [-0.25, -0.2) is 4.79 Å². The third kappa shape index (κ3) is 3.11. The Morgan fingerprint density at radius 3 is 2.40 bits per heavy atom. The van der Waals surface area contributed by atoms with Crippen molar-refractivity contribution in [2.45, 2.75) is 6.61 Å². The van der Waals surface area contributed by atoms with Crippen LogP contribution in [0.3, 0.4) is 0 Å². The average molecular weight is 273 g/mol. The van der Waals surface area contributed by atoms with Crippen molar-refractivity contribution < 1.29 is 19.6 Å². The molecule has 0 unspecified atom stereocenters. The molecule has 0 aromatic heterocycles. The van der Waals surface area contributed by atoms with Crippen LogP contribution in [0, 0.1) is 10.1 Å². The standard InChI is InChI=1S/C14H11NO5/c16-13-4-2-1-3-12(13)14(17)20-9-10-5-7-11(8-6-10)15(18)19/h1-8,16H,9H2. The minimum Gasteiger partial charge on any atom is -0.507 e. The quantitative estimate of drug-likeness (QED) is 0.525. The molecule has 0 fully saturated rings. The van der Waals surface area contributed by atoms with Gasteiger partial charge in [0.1, 0.15) is 17.9 Å². The van der Waals surface area contributed by atoms with Gasteiger partial charge in [0.15, 0.2) is 0 Å². The van der Waals surface area contributed by atoms with Crippen LogP contribution in [0.25, 0.3) is 0 Å². The van der Waals surface area contributed by atoms with Crippen molar-refractivity contribution in [2.75, 3.05) is 0 Å². The van der Waals surface area contributed by atoms with Crippen LogP contribution >= 0.6 is 0 Å². The Bertz CT molecular complexity index is 636. The molecule has 0 aliphatic carbocycles. The first-order chi connectivity index (χ1) is 9.58. The number of hydrogen-bond acceptors (Lipinski definition) is 5. The molecule has 0 heterocycles. The van der Waals surface area contributed by atoms with Gasteiger partial charge in [-0.15, -0.1) is 0 Å². The van der Waals surface area contributed by atoms with Crippen molar-refractivity contribution in [3.63, 3.8) is 0 Å². The highest BCUT2D eigenvalue weighted by Crippen LogP contribution is 2.18. The summed E-state index contributed by atoms with van der Waals surface area (Å²) in [6, 6.07) is 11.7. The minimum atomic E-state index is -0.651. The number of phenols is 1. The van der Waals surface area contributed by atoms with Gasteiger partial charge in [0.2, 0.25) is 0 Å². The lowest BCUT2D eigenvalue weighted by atomic mass is 10.2. The Morgan fingerprint density at radius 2 is 1.80 bits per heavy atom. The summed E-state index contributed by atoms with van der Waals surface area (Å²) in [4.78, 5) is 21.7. The van der Waals surface area contributed by atoms with Crippen LogP contribution in [0.1, 0.15) is 15.9 Å². The summed E-state index contributed by atoms with van der Waals surface area (Å²) in [5.41, 5.74) is 0.676. The fourth-order valence-corrected chi connectivity index (χ4v) is 1.59. The Balaban J connectivity index is 2.00. The van der Waals surface area contributed by atoms with Crippen LogP contribution < -0.4 is 0 Å². The van der Waals surface area contributed by atoms with Crippen molar-refractivity contribution in [1.82, 2.24) is 0 Å². The molecule has 2 aromatic carbocycles. The van der Waals surface area contributed by atoms with Gasteiger partial charge in [0.05, 0.1) is 4.92 Å². The molecular formula is C14H11NO5. The second-order valence-corrected chi connectivity index (χ2v) is 4.02. The zero-order valence-electron chi connectivity index (χ0n) is 10.4. The third-order valence-corrected chi connectivity index (χ3v) is 2.64.